The fraction of sp³-hybridized carbons (Fsp3) is 0.474. The zero-order valence-electron chi connectivity index (χ0n) is 17.0. The molecule has 1 aromatic rings. The largest absolute Gasteiger partial charge is 0.448 e. The standard InChI is InChI=1S/C19H21F2N3O7S/c1-11(17(26)22-12-2-4-14(5-3-12)31-19(20)21)30-18(27)15-6-7-16(25)24(23-15)13-8-9-32(28,29)10-13/h2-5,11,13,19H,6-10H2,1H3,(H,22,26)/t11-,13+/m0/s1. The molecule has 1 aromatic carbocycles. The lowest BCUT2D eigenvalue weighted by Crippen LogP contribution is -2.42. The minimum absolute atomic E-state index is 0.00751. The summed E-state index contributed by atoms with van der Waals surface area (Å²) >= 11 is 0. The number of esters is 1. The van der Waals surface area contributed by atoms with E-state index in [0.29, 0.717) is 0 Å². The Hall–Kier alpha value is -3.09. The Kier molecular flexibility index (Phi) is 7.06. The normalized spacial score (nSPS) is 21.1. The number of ether oxygens (including phenoxy) is 2. The number of carbonyl (C=O) groups excluding carboxylic acids is 3. The molecule has 2 aliphatic heterocycles. The second-order valence-corrected chi connectivity index (χ2v) is 9.51. The average molecular weight is 473 g/mol. The van der Waals surface area contributed by atoms with Gasteiger partial charge < -0.3 is 14.8 Å². The van der Waals surface area contributed by atoms with Crippen LogP contribution in [-0.2, 0) is 29.0 Å². The van der Waals surface area contributed by atoms with Gasteiger partial charge in [-0.15, -0.1) is 0 Å². The number of hydrazone groups is 1. The first kappa shape index (κ1) is 23.6. The Balaban J connectivity index is 1.58. The topological polar surface area (TPSA) is 131 Å². The average Bonchev–Trinajstić information content (AvgIpc) is 3.08. The monoisotopic (exact) mass is 473 g/mol. The van der Waals surface area contributed by atoms with E-state index in [9.17, 15) is 31.6 Å². The molecule has 0 saturated carbocycles. The Morgan fingerprint density at radius 2 is 1.91 bits per heavy atom. The van der Waals surface area contributed by atoms with E-state index < -0.39 is 40.5 Å². The second-order valence-electron chi connectivity index (χ2n) is 7.28. The maximum atomic E-state index is 12.4. The van der Waals surface area contributed by atoms with E-state index in [1.54, 1.807) is 0 Å². The number of carbonyl (C=O) groups is 3. The number of benzene rings is 1. The molecule has 2 aliphatic rings. The van der Waals surface area contributed by atoms with Crippen molar-refractivity contribution in [2.24, 2.45) is 5.10 Å². The van der Waals surface area contributed by atoms with Crippen LogP contribution in [-0.4, -0.2) is 67.2 Å². The Morgan fingerprint density at radius 3 is 2.50 bits per heavy atom. The van der Waals surface area contributed by atoms with Gasteiger partial charge in [0.1, 0.15) is 11.5 Å². The Bertz CT molecular complexity index is 1030. The third-order valence-corrected chi connectivity index (χ3v) is 6.60. The first-order valence-electron chi connectivity index (χ1n) is 9.71. The molecule has 32 heavy (non-hydrogen) atoms. The minimum Gasteiger partial charge on any atom is -0.448 e. The van der Waals surface area contributed by atoms with Crippen molar-refractivity contribution >= 4 is 39.0 Å². The molecule has 1 fully saturated rings. The molecule has 1 saturated heterocycles. The summed E-state index contributed by atoms with van der Waals surface area (Å²) in [6.07, 6.45) is -1.01. The molecule has 0 unspecified atom stereocenters. The van der Waals surface area contributed by atoms with Crippen LogP contribution < -0.4 is 10.1 Å². The maximum absolute atomic E-state index is 12.4. The van der Waals surface area contributed by atoms with E-state index in [-0.39, 0.29) is 53.8 Å². The molecule has 2 atom stereocenters. The number of anilines is 1. The van der Waals surface area contributed by atoms with Crippen molar-refractivity contribution in [1.82, 2.24) is 5.01 Å². The fourth-order valence-electron chi connectivity index (χ4n) is 3.22. The smallest absolute Gasteiger partial charge is 0.387 e. The van der Waals surface area contributed by atoms with Gasteiger partial charge in [-0.3, -0.25) is 9.59 Å². The van der Waals surface area contributed by atoms with Crippen molar-refractivity contribution in [3.63, 3.8) is 0 Å². The summed E-state index contributed by atoms with van der Waals surface area (Å²) in [6.45, 7) is -1.64. The predicted molar refractivity (Wildman–Crippen MR) is 108 cm³/mol. The molecule has 13 heteroatoms. The van der Waals surface area contributed by atoms with E-state index in [0.717, 1.165) is 5.01 Å². The highest BCUT2D eigenvalue weighted by molar-refractivity contribution is 7.91. The van der Waals surface area contributed by atoms with Crippen molar-refractivity contribution in [3.05, 3.63) is 24.3 Å². The van der Waals surface area contributed by atoms with Gasteiger partial charge in [0.15, 0.2) is 15.9 Å². The van der Waals surface area contributed by atoms with Gasteiger partial charge in [-0.2, -0.15) is 13.9 Å². The van der Waals surface area contributed by atoms with Crippen molar-refractivity contribution < 1.29 is 41.1 Å². The van der Waals surface area contributed by atoms with Crippen molar-refractivity contribution in [1.29, 1.82) is 0 Å². The number of sulfone groups is 1. The molecule has 0 spiro atoms. The lowest BCUT2D eigenvalue weighted by Gasteiger charge is -2.27. The highest BCUT2D eigenvalue weighted by Gasteiger charge is 2.37. The number of nitrogens with zero attached hydrogens (tertiary/aromatic N) is 2. The molecule has 0 aromatic heterocycles. The van der Waals surface area contributed by atoms with E-state index in [1.165, 1.54) is 31.2 Å². The highest BCUT2D eigenvalue weighted by atomic mass is 32.2. The number of hydrogen-bond donors (Lipinski definition) is 1. The number of hydrogen-bond acceptors (Lipinski definition) is 8. The summed E-state index contributed by atoms with van der Waals surface area (Å²) in [4.78, 5) is 36.8. The van der Waals surface area contributed by atoms with E-state index in [2.05, 4.69) is 15.2 Å². The minimum atomic E-state index is -3.25. The number of alkyl halides is 2. The quantitative estimate of drug-likeness (QED) is 0.591. The number of amides is 2. The highest BCUT2D eigenvalue weighted by Crippen LogP contribution is 2.23. The van der Waals surface area contributed by atoms with Crippen LogP contribution in [0.3, 0.4) is 0 Å². The van der Waals surface area contributed by atoms with Crippen LogP contribution in [0, 0.1) is 0 Å². The van der Waals surface area contributed by atoms with Crippen LogP contribution in [0.4, 0.5) is 14.5 Å². The summed E-state index contributed by atoms with van der Waals surface area (Å²) in [6, 6.07) is 4.53. The molecule has 0 aliphatic carbocycles. The molecule has 1 N–H and O–H groups in total. The number of rotatable bonds is 7. The Labute approximate surface area is 182 Å². The van der Waals surface area contributed by atoms with Crippen molar-refractivity contribution in [2.75, 3.05) is 16.8 Å². The van der Waals surface area contributed by atoms with Crippen LogP contribution in [0.5, 0.6) is 5.75 Å². The van der Waals surface area contributed by atoms with E-state index in [4.69, 9.17) is 4.74 Å². The second kappa shape index (κ2) is 9.59. The fourth-order valence-corrected chi connectivity index (χ4v) is 4.91. The summed E-state index contributed by atoms with van der Waals surface area (Å²) in [5.41, 5.74) is 0.191. The zero-order chi connectivity index (χ0) is 23.5. The third kappa shape index (κ3) is 5.99. The van der Waals surface area contributed by atoms with Crippen LogP contribution in [0.1, 0.15) is 26.2 Å². The molecule has 0 radical (unpaired) electrons. The van der Waals surface area contributed by atoms with Gasteiger partial charge in [0.2, 0.25) is 5.91 Å². The molecule has 10 nitrogen and oxygen atoms in total. The van der Waals surface area contributed by atoms with Gasteiger partial charge in [0.25, 0.3) is 5.91 Å². The van der Waals surface area contributed by atoms with Gasteiger partial charge in [-0.1, -0.05) is 0 Å². The van der Waals surface area contributed by atoms with Crippen LogP contribution in [0.15, 0.2) is 29.4 Å². The molecular formula is C19H21F2N3O7S. The molecular weight excluding hydrogens is 452 g/mol. The predicted octanol–water partition coefficient (Wildman–Crippen LogP) is 1.32. The van der Waals surface area contributed by atoms with E-state index in [1.807, 2.05) is 0 Å². The van der Waals surface area contributed by atoms with Crippen LogP contribution in [0.25, 0.3) is 0 Å². The van der Waals surface area contributed by atoms with Gasteiger partial charge >= 0.3 is 12.6 Å². The van der Waals surface area contributed by atoms with Gasteiger partial charge in [-0.25, -0.2) is 18.2 Å². The molecule has 2 amide bonds. The van der Waals surface area contributed by atoms with Crippen molar-refractivity contribution in [2.45, 2.75) is 44.9 Å². The molecule has 174 valence electrons. The van der Waals surface area contributed by atoms with Gasteiger partial charge in [0.05, 0.1) is 17.5 Å². The zero-order valence-corrected chi connectivity index (χ0v) is 17.8. The SMILES string of the molecule is C[C@H](OC(=O)C1=NN([C@@H]2CCS(=O)(=O)C2)C(=O)CC1)C(=O)Nc1ccc(OC(F)F)cc1. The van der Waals surface area contributed by atoms with Crippen LogP contribution in [0.2, 0.25) is 0 Å². The summed E-state index contributed by atoms with van der Waals surface area (Å²) in [5.74, 6) is -2.30. The van der Waals surface area contributed by atoms with Gasteiger partial charge in [-0.05, 0) is 37.6 Å². The summed E-state index contributed by atoms with van der Waals surface area (Å²) < 4.78 is 57.1. The number of nitrogens with one attached hydrogen (secondary N) is 1. The van der Waals surface area contributed by atoms with Crippen molar-refractivity contribution in [3.8, 4) is 5.75 Å². The maximum Gasteiger partial charge on any atom is 0.387 e. The molecule has 2 heterocycles. The summed E-state index contributed by atoms with van der Waals surface area (Å²) in [7, 11) is -3.25. The third-order valence-electron chi connectivity index (χ3n) is 4.85. The first-order chi connectivity index (χ1) is 15.0. The lowest BCUT2D eigenvalue weighted by atomic mass is 10.1. The Morgan fingerprint density at radius 1 is 1.22 bits per heavy atom. The van der Waals surface area contributed by atoms with Crippen LogP contribution >= 0.6 is 0 Å². The molecule has 3 rings (SSSR count). The molecule has 0 bridgehead atoms. The first-order valence-corrected chi connectivity index (χ1v) is 11.5. The summed E-state index contributed by atoms with van der Waals surface area (Å²) in [5, 5.41) is 7.49. The van der Waals surface area contributed by atoms with E-state index >= 15 is 0 Å². The number of halogens is 2. The van der Waals surface area contributed by atoms with Gasteiger partial charge in [0, 0.05) is 18.5 Å². The lowest BCUT2D eigenvalue weighted by molar-refractivity contribution is -0.147.